The van der Waals surface area contributed by atoms with Gasteiger partial charge in [0.05, 0.1) is 24.3 Å². The van der Waals surface area contributed by atoms with Gasteiger partial charge in [-0.1, -0.05) is 12.1 Å². The van der Waals surface area contributed by atoms with Crippen LogP contribution < -0.4 is 0 Å². The standard InChI is InChI=1S/C15H17NO4/c17-14-11-5-1-2-6-12(11)15(18)16(14)8-4-3-7-13-19-9-10-20-13/h1-2,5-6,13H,3-4,7-10H2. The maximum Gasteiger partial charge on any atom is 0.261 e. The number of carbonyl (C=O) groups excluding carboxylic acids is 2. The number of hydrogen-bond acceptors (Lipinski definition) is 4. The van der Waals surface area contributed by atoms with E-state index in [4.69, 9.17) is 9.47 Å². The van der Waals surface area contributed by atoms with Crippen LogP contribution in [0, 0.1) is 0 Å². The maximum absolute atomic E-state index is 12.1. The Bertz CT molecular complexity index is 487. The molecule has 1 saturated heterocycles. The fourth-order valence-electron chi connectivity index (χ4n) is 2.60. The first-order valence-electron chi connectivity index (χ1n) is 6.96. The number of benzene rings is 1. The van der Waals surface area contributed by atoms with Crippen LogP contribution in [0.3, 0.4) is 0 Å². The molecule has 1 fully saturated rings. The van der Waals surface area contributed by atoms with Gasteiger partial charge >= 0.3 is 0 Å². The number of rotatable bonds is 5. The quantitative estimate of drug-likeness (QED) is 0.607. The zero-order valence-corrected chi connectivity index (χ0v) is 11.2. The fraction of sp³-hybridized carbons (Fsp3) is 0.467. The Kier molecular flexibility index (Phi) is 3.80. The Morgan fingerprint density at radius 3 is 2.20 bits per heavy atom. The zero-order valence-electron chi connectivity index (χ0n) is 11.2. The van der Waals surface area contributed by atoms with Crippen molar-refractivity contribution in [2.24, 2.45) is 0 Å². The summed E-state index contributed by atoms with van der Waals surface area (Å²) in [5, 5.41) is 0. The third-order valence-corrected chi connectivity index (χ3v) is 3.64. The van der Waals surface area contributed by atoms with Crippen molar-refractivity contribution in [3.63, 3.8) is 0 Å². The smallest absolute Gasteiger partial charge is 0.261 e. The number of hydrogen-bond donors (Lipinski definition) is 0. The van der Waals surface area contributed by atoms with Crippen LogP contribution in [0.2, 0.25) is 0 Å². The van der Waals surface area contributed by atoms with Crippen molar-refractivity contribution in [3.8, 4) is 0 Å². The molecule has 2 aliphatic heterocycles. The van der Waals surface area contributed by atoms with Gasteiger partial charge in [-0.05, 0) is 31.4 Å². The minimum absolute atomic E-state index is 0.114. The van der Waals surface area contributed by atoms with Crippen molar-refractivity contribution in [2.45, 2.75) is 25.6 Å². The summed E-state index contributed by atoms with van der Waals surface area (Å²) in [6.45, 7) is 1.77. The normalized spacial score (nSPS) is 18.9. The predicted octanol–water partition coefficient (Wildman–Crippen LogP) is 1.83. The summed E-state index contributed by atoms with van der Waals surface area (Å²) < 4.78 is 10.7. The summed E-state index contributed by atoms with van der Waals surface area (Å²) in [7, 11) is 0. The lowest BCUT2D eigenvalue weighted by atomic mass is 10.1. The Morgan fingerprint density at radius 2 is 1.60 bits per heavy atom. The second kappa shape index (κ2) is 5.73. The molecule has 1 aromatic rings. The first-order chi connectivity index (χ1) is 9.77. The van der Waals surface area contributed by atoms with Crippen LogP contribution in [-0.2, 0) is 9.47 Å². The van der Waals surface area contributed by atoms with E-state index in [-0.39, 0.29) is 18.1 Å². The van der Waals surface area contributed by atoms with Crippen molar-refractivity contribution >= 4 is 11.8 Å². The van der Waals surface area contributed by atoms with Crippen molar-refractivity contribution in [1.29, 1.82) is 0 Å². The Balaban J connectivity index is 1.51. The molecule has 0 radical (unpaired) electrons. The summed E-state index contributed by atoms with van der Waals surface area (Å²) >= 11 is 0. The van der Waals surface area contributed by atoms with Gasteiger partial charge in [-0.2, -0.15) is 0 Å². The van der Waals surface area contributed by atoms with E-state index in [9.17, 15) is 9.59 Å². The van der Waals surface area contributed by atoms with Gasteiger partial charge in [0.1, 0.15) is 0 Å². The molecule has 3 rings (SSSR count). The molecule has 106 valence electrons. The van der Waals surface area contributed by atoms with Crippen molar-refractivity contribution < 1.29 is 19.1 Å². The third-order valence-electron chi connectivity index (χ3n) is 3.64. The van der Waals surface area contributed by atoms with E-state index in [1.165, 1.54) is 4.90 Å². The van der Waals surface area contributed by atoms with E-state index < -0.39 is 0 Å². The molecule has 0 atom stereocenters. The monoisotopic (exact) mass is 275 g/mol. The number of carbonyl (C=O) groups is 2. The molecule has 0 aliphatic carbocycles. The summed E-state index contributed by atoms with van der Waals surface area (Å²) in [4.78, 5) is 25.6. The highest BCUT2D eigenvalue weighted by molar-refractivity contribution is 6.21. The fourth-order valence-corrected chi connectivity index (χ4v) is 2.60. The number of nitrogens with zero attached hydrogens (tertiary/aromatic N) is 1. The van der Waals surface area contributed by atoms with Gasteiger partial charge in [-0.25, -0.2) is 0 Å². The highest BCUT2D eigenvalue weighted by atomic mass is 16.7. The molecule has 1 aromatic carbocycles. The SMILES string of the molecule is O=C1c2ccccc2C(=O)N1CCCCC1OCCO1. The van der Waals surface area contributed by atoms with Crippen LogP contribution in [0.4, 0.5) is 0 Å². The molecule has 2 amide bonds. The highest BCUT2D eigenvalue weighted by Crippen LogP contribution is 2.23. The van der Waals surface area contributed by atoms with Gasteiger partial charge in [-0.3, -0.25) is 14.5 Å². The van der Waals surface area contributed by atoms with Crippen LogP contribution in [0.5, 0.6) is 0 Å². The topological polar surface area (TPSA) is 55.8 Å². The van der Waals surface area contributed by atoms with E-state index in [0.717, 1.165) is 19.3 Å². The Hall–Kier alpha value is -1.72. The summed E-state index contributed by atoms with van der Waals surface area (Å²) in [5.41, 5.74) is 1.03. The van der Waals surface area contributed by atoms with Gasteiger partial charge in [-0.15, -0.1) is 0 Å². The molecule has 0 spiro atoms. The molecule has 20 heavy (non-hydrogen) atoms. The molecule has 0 unspecified atom stereocenters. The average Bonchev–Trinajstić information content (AvgIpc) is 3.06. The van der Waals surface area contributed by atoms with Crippen LogP contribution in [-0.4, -0.2) is 42.8 Å². The van der Waals surface area contributed by atoms with Gasteiger partial charge in [0.15, 0.2) is 6.29 Å². The van der Waals surface area contributed by atoms with Gasteiger partial charge in [0.25, 0.3) is 11.8 Å². The molecule has 5 nitrogen and oxygen atoms in total. The van der Waals surface area contributed by atoms with Crippen molar-refractivity contribution in [1.82, 2.24) is 4.90 Å². The predicted molar refractivity (Wildman–Crippen MR) is 71.4 cm³/mol. The molecule has 0 N–H and O–H groups in total. The lowest BCUT2D eigenvalue weighted by molar-refractivity contribution is -0.0480. The lowest BCUT2D eigenvalue weighted by Gasteiger charge is -2.14. The van der Waals surface area contributed by atoms with Crippen LogP contribution >= 0.6 is 0 Å². The maximum atomic E-state index is 12.1. The Morgan fingerprint density at radius 1 is 1.00 bits per heavy atom. The van der Waals surface area contributed by atoms with E-state index in [2.05, 4.69) is 0 Å². The van der Waals surface area contributed by atoms with E-state index in [1.54, 1.807) is 24.3 Å². The first kappa shape index (κ1) is 13.3. The molecule has 2 heterocycles. The minimum Gasteiger partial charge on any atom is -0.350 e. The molecular weight excluding hydrogens is 258 g/mol. The third kappa shape index (κ3) is 2.46. The van der Waals surface area contributed by atoms with Crippen LogP contribution in [0.1, 0.15) is 40.0 Å². The minimum atomic E-state index is -0.182. The molecule has 0 aromatic heterocycles. The zero-order chi connectivity index (χ0) is 13.9. The van der Waals surface area contributed by atoms with E-state index in [1.807, 2.05) is 0 Å². The number of imide groups is 1. The molecule has 5 heteroatoms. The second-order valence-corrected chi connectivity index (χ2v) is 4.97. The summed E-state index contributed by atoms with van der Waals surface area (Å²) in [6, 6.07) is 6.97. The summed E-state index contributed by atoms with van der Waals surface area (Å²) in [6.07, 6.45) is 2.34. The molecule has 0 bridgehead atoms. The molecule has 0 saturated carbocycles. The first-order valence-corrected chi connectivity index (χ1v) is 6.96. The second-order valence-electron chi connectivity index (χ2n) is 4.97. The van der Waals surface area contributed by atoms with E-state index >= 15 is 0 Å². The number of ether oxygens (including phenoxy) is 2. The molecule has 2 aliphatic rings. The van der Waals surface area contributed by atoms with Crippen molar-refractivity contribution in [2.75, 3.05) is 19.8 Å². The van der Waals surface area contributed by atoms with E-state index in [0.29, 0.717) is 30.9 Å². The number of fused-ring (bicyclic) bond motifs is 1. The van der Waals surface area contributed by atoms with Crippen LogP contribution in [0.15, 0.2) is 24.3 Å². The lowest BCUT2D eigenvalue weighted by Crippen LogP contribution is -2.30. The molecular formula is C15H17NO4. The average molecular weight is 275 g/mol. The van der Waals surface area contributed by atoms with Gasteiger partial charge in [0, 0.05) is 6.54 Å². The number of amides is 2. The van der Waals surface area contributed by atoms with Gasteiger partial charge < -0.3 is 9.47 Å². The largest absolute Gasteiger partial charge is 0.350 e. The Labute approximate surface area is 117 Å². The summed E-state index contributed by atoms with van der Waals surface area (Å²) in [5.74, 6) is -0.363. The van der Waals surface area contributed by atoms with Gasteiger partial charge in [0.2, 0.25) is 0 Å². The number of unbranched alkanes of at least 4 members (excludes halogenated alkanes) is 1. The highest BCUT2D eigenvalue weighted by Gasteiger charge is 2.34. The van der Waals surface area contributed by atoms with Crippen molar-refractivity contribution in [3.05, 3.63) is 35.4 Å². The van der Waals surface area contributed by atoms with Crippen LogP contribution in [0.25, 0.3) is 0 Å².